The monoisotopic (exact) mass is 226 g/mol. The van der Waals surface area contributed by atoms with Crippen LogP contribution in [-0.2, 0) is 4.79 Å². The van der Waals surface area contributed by atoms with Crippen molar-refractivity contribution in [1.29, 1.82) is 0 Å². The number of ketones is 1. The maximum atomic E-state index is 11.8. The Morgan fingerprint density at radius 2 is 2.06 bits per heavy atom. The SMILES string of the molecule is CCC(C)C(=O)CN1CCN(CC)C(C)C1. The second-order valence-electron chi connectivity index (χ2n) is 4.99. The highest BCUT2D eigenvalue weighted by atomic mass is 16.1. The van der Waals surface area contributed by atoms with E-state index in [2.05, 4.69) is 30.6 Å². The fourth-order valence-corrected chi connectivity index (χ4v) is 2.29. The summed E-state index contributed by atoms with van der Waals surface area (Å²) in [6.07, 6.45) is 0.962. The molecule has 16 heavy (non-hydrogen) atoms. The van der Waals surface area contributed by atoms with Gasteiger partial charge in [0.25, 0.3) is 0 Å². The molecule has 0 aromatic heterocycles. The molecule has 1 aliphatic heterocycles. The fraction of sp³-hybridized carbons (Fsp3) is 0.923. The van der Waals surface area contributed by atoms with E-state index in [-0.39, 0.29) is 5.92 Å². The Labute approximate surface area is 99.8 Å². The van der Waals surface area contributed by atoms with Crippen LogP contribution < -0.4 is 0 Å². The van der Waals surface area contributed by atoms with Crippen molar-refractivity contribution < 1.29 is 4.79 Å². The van der Waals surface area contributed by atoms with E-state index in [1.807, 2.05) is 6.92 Å². The Balaban J connectivity index is 2.38. The number of rotatable bonds is 5. The van der Waals surface area contributed by atoms with Crippen LogP contribution in [0.4, 0.5) is 0 Å². The molecular formula is C13H26N2O. The summed E-state index contributed by atoms with van der Waals surface area (Å²) in [4.78, 5) is 16.6. The maximum Gasteiger partial charge on any atom is 0.149 e. The van der Waals surface area contributed by atoms with Crippen LogP contribution in [0.1, 0.15) is 34.1 Å². The number of piperazine rings is 1. The van der Waals surface area contributed by atoms with Gasteiger partial charge in [0.2, 0.25) is 0 Å². The van der Waals surface area contributed by atoms with Crippen molar-refractivity contribution in [3.05, 3.63) is 0 Å². The van der Waals surface area contributed by atoms with Crippen molar-refractivity contribution in [2.75, 3.05) is 32.7 Å². The quantitative estimate of drug-likeness (QED) is 0.712. The predicted octanol–water partition coefficient (Wildman–Crippen LogP) is 1.63. The van der Waals surface area contributed by atoms with Crippen molar-refractivity contribution in [1.82, 2.24) is 9.80 Å². The lowest BCUT2D eigenvalue weighted by Gasteiger charge is -2.39. The molecule has 0 radical (unpaired) electrons. The van der Waals surface area contributed by atoms with Crippen LogP contribution in [0.2, 0.25) is 0 Å². The Morgan fingerprint density at radius 3 is 2.56 bits per heavy atom. The van der Waals surface area contributed by atoms with Crippen molar-refractivity contribution in [2.24, 2.45) is 5.92 Å². The molecule has 1 heterocycles. The molecule has 2 atom stereocenters. The minimum atomic E-state index is 0.222. The van der Waals surface area contributed by atoms with Gasteiger partial charge in [-0.15, -0.1) is 0 Å². The summed E-state index contributed by atoms with van der Waals surface area (Å²) in [6.45, 7) is 13.5. The van der Waals surface area contributed by atoms with Gasteiger partial charge in [-0.1, -0.05) is 20.8 Å². The highest BCUT2D eigenvalue weighted by Gasteiger charge is 2.24. The summed E-state index contributed by atoms with van der Waals surface area (Å²) in [5.74, 6) is 0.624. The molecule has 3 heteroatoms. The van der Waals surface area contributed by atoms with Gasteiger partial charge in [0.1, 0.15) is 5.78 Å². The normalized spacial score (nSPS) is 25.6. The van der Waals surface area contributed by atoms with Gasteiger partial charge in [0.05, 0.1) is 6.54 Å². The molecule has 0 aromatic carbocycles. The minimum absolute atomic E-state index is 0.222. The topological polar surface area (TPSA) is 23.6 Å². The standard InChI is InChI=1S/C13H26N2O/c1-5-11(3)13(16)10-14-7-8-15(6-2)12(4)9-14/h11-12H,5-10H2,1-4H3. The minimum Gasteiger partial charge on any atom is -0.298 e. The van der Waals surface area contributed by atoms with Crippen LogP contribution in [0.15, 0.2) is 0 Å². The van der Waals surface area contributed by atoms with Gasteiger partial charge in [-0.25, -0.2) is 0 Å². The number of Topliss-reactive ketones (excluding diaryl/α,β-unsaturated/α-hetero) is 1. The largest absolute Gasteiger partial charge is 0.298 e. The summed E-state index contributed by atoms with van der Waals surface area (Å²) in [7, 11) is 0. The van der Waals surface area contributed by atoms with Gasteiger partial charge in [-0.2, -0.15) is 0 Å². The van der Waals surface area contributed by atoms with Crippen LogP contribution in [0.25, 0.3) is 0 Å². The number of likely N-dealkylation sites (N-methyl/N-ethyl adjacent to an activating group) is 1. The molecule has 1 rings (SSSR count). The lowest BCUT2D eigenvalue weighted by atomic mass is 10.0. The van der Waals surface area contributed by atoms with Crippen LogP contribution in [0.5, 0.6) is 0 Å². The zero-order valence-corrected chi connectivity index (χ0v) is 11.2. The lowest BCUT2D eigenvalue weighted by Crippen LogP contribution is -2.53. The van der Waals surface area contributed by atoms with Crippen molar-refractivity contribution in [3.8, 4) is 0 Å². The van der Waals surface area contributed by atoms with E-state index in [9.17, 15) is 4.79 Å². The molecule has 0 amide bonds. The first kappa shape index (κ1) is 13.7. The molecule has 0 spiro atoms. The third-order valence-corrected chi connectivity index (χ3v) is 3.80. The van der Waals surface area contributed by atoms with Crippen molar-refractivity contribution in [2.45, 2.75) is 40.2 Å². The highest BCUT2D eigenvalue weighted by Crippen LogP contribution is 2.10. The number of hydrogen-bond donors (Lipinski definition) is 0. The van der Waals surface area contributed by atoms with Crippen LogP contribution in [0.3, 0.4) is 0 Å². The molecular weight excluding hydrogens is 200 g/mol. The first-order valence-corrected chi connectivity index (χ1v) is 6.57. The zero-order chi connectivity index (χ0) is 12.1. The third kappa shape index (κ3) is 3.56. The highest BCUT2D eigenvalue weighted by molar-refractivity contribution is 5.82. The van der Waals surface area contributed by atoms with Gasteiger partial charge < -0.3 is 0 Å². The summed E-state index contributed by atoms with van der Waals surface area (Å²) in [5, 5.41) is 0. The molecule has 1 aliphatic rings. The number of hydrogen-bond acceptors (Lipinski definition) is 3. The van der Waals surface area contributed by atoms with E-state index in [1.54, 1.807) is 0 Å². The number of carbonyl (C=O) groups excluding carboxylic acids is 1. The van der Waals surface area contributed by atoms with E-state index in [1.165, 1.54) is 0 Å². The smallest absolute Gasteiger partial charge is 0.149 e. The Hall–Kier alpha value is -0.410. The molecule has 3 nitrogen and oxygen atoms in total. The van der Waals surface area contributed by atoms with Gasteiger partial charge in [0.15, 0.2) is 0 Å². The molecule has 0 aromatic rings. The van der Waals surface area contributed by atoms with E-state index < -0.39 is 0 Å². The van der Waals surface area contributed by atoms with Gasteiger partial charge in [-0.05, 0) is 19.9 Å². The van der Waals surface area contributed by atoms with E-state index in [0.29, 0.717) is 18.4 Å². The van der Waals surface area contributed by atoms with E-state index in [4.69, 9.17) is 0 Å². The molecule has 1 saturated heterocycles. The summed E-state index contributed by atoms with van der Waals surface area (Å²) < 4.78 is 0. The van der Waals surface area contributed by atoms with E-state index >= 15 is 0 Å². The van der Waals surface area contributed by atoms with E-state index in [0.717, 1.165) is 32.6 Å². The molecule has 0 N–H and O–H groups in total. The Bertz CT molecular complexity index is 230. The molecule has 0 saturated carbocycles. The van der Waals surface area contributed by atoms with Crippen LogP contribution >= 0.6 is 0 Å². The summed E-state index contributed by atoms with van der Waals surface area (Å²) in [6, 6.07) is 0.587. The van der Waals surface area contributed by atoms with Gasteiger partial charge in [0, 0.05) is 31.6 Å². The molecule has 1 fully saturated rings. The van der Waals surface area contributed by atoms with Gasteiger partial charge >= 0.3 is 0 Å². The van der Waals surface area contributed by atoms with Crippen molar-refractivity contribution in [3.63, 3.8) is 0 Å². The predicted molar refractivity (Wildman–Crippen MR) is 67.6 cm³/mol. The fourth-order valence-electron chi connectivity index (χ4n) is 2.29. The Kier molecular flexibility index (Phi) is 5.42. The molecule has 0 aliphatic carbocycles. The van der Waals surface area contributed by atoms with Crippen molar-refractivity contribution >= 4 is 5.78 Å². The summed E-state index contributed by atoms with van der Waals surface area (Å²) in [5.41, 5.74) is 0. The summed E-state index contributed by atoms with van der Waals surface area (Å²) >= 11 is 0. The lowest BCUT2D eigenvalue weighted by molar-refractivity contribution is -0.124. The molecule has 94 valence electrons. The first-order valence-electron chi connectivity index (χ1n) is 6.57. The zero-order valence-electron chi connectivity index (χ0n) is 11.2. The van der Waals surface area contributed by atoms with Gasteiger partial charge in [-0.3, -0.25) is 14.6 Å². The average Bonchev–Trinajstić information content (AvgIpc) is 2.28. The molecule has 0 bridgehead atoms. The second-order valence-corrected chi connectivity index (χ2v) is 4.99. The second kappa shape index (κ2) is 6.36. The maximum absolute atomic E-state index is 11.8. The first-order chi connectivity index (χ1) is 7.58. The van der Waals surface area contributed by atoms with Crippen LogP contribution in [0, 0.1) is 5.92 Å². The number of carbonyl (C=O) groups is 1. The Morgan fingerprint density at radius 1 is 1.38 bits per heavy atom. The third-order valence-electron chi connectivity index (χ3n) is 3.80. The molecule has 2 unspecified atom stereocenters. The van der Waals surface area contributed by atoms with Crippen LogP contribution in [-0.4, -0.2) is 54.3 Å². The number of nitrogens with zero attached hydrogens (tertiary/aromatic N) is 2. The average molecular weight is 226 g/mol.